The lowest BCUT2D eigenvalue weighted by Gasteiger charge is -2.42. The number of nitrogens with zero attached hydrogens (tertiary/aromatic N) is 3. The molecular weight excluding hydrogens is 432 g/mol. The van der Waals surface area contributed by atoms with Crippen LogP contribution in [0.15, 0.2) is 36.5 Å². The largest absolute Gasteiger partial charge is 0.488 e. The number of anilines is 1. The van der Waals surface area contributed by atoms with Crippen molar-refractivity contribution in [3.8, 4) is 11.6 Å². The molecule has 0 radical (unpaired) electrons. The van der Waals surface area contributed by atoms with E-state index in [1.807, 2.05) is 0 Å². The van der Waals surface area contributed by atoms with Crippen LogP contribution in [0.2, 0.25) is 5.02 Å². The van der Waals surface area contributed by atoms with Gasteiger partial charge in [0.2, 0.25) is 5.88 Å². The predicted molar refractivity (Wildman–Crippen MR) is 111 cm³/mol. The summed E-state index contributed by atoms with van der Waals surface area (Å²) < 4.78 is 39.4. The summed E-state index contributed by atoms with van der Waals surface area (Å²) >= 11 is 5.67. The lowest BCUT2D eigenvalue weighted by molar-refractivity contribution is -0.108. The van der Waals surface area contributed by atoms with Gasteiger partial charge in [-0.05, 0) is 30.7 Å². The summed E-state index contributed by atoms with van der Waals surface area (Å²) in [7, 11) is 1.47. The van der Waals surface area contributed by atoms with Crippen molar-refractivity contribution in [1.82, 2.24) is 9.97 Å². The number of aliphatic hydroxyl groups excluding tert-OH is 1. The van der Waals surface area contributed by atoms with E-state index in [2.05, 4.69) is 9.97 Å². The molecule has 7 nitrogen and oxygen atoms in total. The second-order valence-corrected chi connectivity index (χ2v) is 7.79. The predicted octanol–water partition coefficient (Wildman–Crippen LogP) is 2.95. The Bertz CT molecular complexity index is 1100. The first kappa shape index (κ1) is 21.5. The Kier molecular flexibility index (Phi) is 5.83. The van der Waals surface area contributed by atoms with Gasteiger partial charge in [-0.15, -0.1) is 0 Å². The molecule has 2 N–H and O–H groups in total. The first-order valence-corrected chi connectivity index (χ1v) is 9.91. The molecule has 31 heavy (non-hydrogen) atoms. The van der Waals surface area contributed by atoms with Crippen LogP contribution in [0, 0.1) is 11.6 Å². The second kappa shape index (κ2) is 8.41. The molecule has 1 fully saturated rings. The Balaban J connectivity index is 1.50. The van der Waals surface area contributed by atoms with Gasteiger partial charge in [0.05, 0.1) is 18.8 Å². The van der Waals surface area contributed by atoms with Gasteiger partial charge in [-0.1, -0.05) is 17.7 Å². The standard InChI is InChI=1S/C21H20ClF2N3O4/c1-30-18-9-25-15-3-2-4-16(19(15)26-18)31-11-21(29)5-6-27(10-17(21)28)20-13(23)7-12(22)8-14(20)24/h2-4,7-9,17,28-29H,5-6,10-11H2,1H3/t17-,21-/m1/s1. The van der Waals surface area contributed by atoms with Gasteiger partial charge in [0.25, 0.3) is 0 Å². The molecule has 0 spiro atoms. The zero-order chi connectivity index (χ0) is 22.2. The monoisotopic (exact) mass is 451 g/mol. The third-order valence-corrected chi connectivity index (χ3v) is 5.54. The van der Waals surface area contributed by atoms with Crippen LogP contribution >= 0.6 is 11.6 Å². The van der Waals surface area contributed by atoms with Crippen LogP contribution in [-0.2, 0) is 0 Å². The molecule has 2 aromatic carbocycles. The fourth-order valence-electron chi connectivity index (χ4n) is 3.58. The van der Waals surface area contributed by atoms with E-state index in [4.69, 9.17) is 21.1 Å². The van der Waals surface area contributed by atoms with Crippen LogP contribution in [0.5, 0.6) is 11.6 Å². The number of para-hydroxylation sites is 1. The molecule has 1 aliphatic rings. The van der Waals surface area contributed by atoms with Gasteiger partial charge >= 0.3 is 0 Å². The minimum Gasteiger partial charge on any atom is -0.488 e. The van der Waals surface area contributed by atoms with E-state index in [1.54, 1.807) is 18.2 Å². The fourth-order valence-corrected chi connectivity index (χ4v) is 3.77. The number of ether oxygens (including phenoxy) is 2. The normalized spacial score (nSPS) is 21.4. The number of piperidine rings is 1. The van der Waals surface area contributed by atoms with Gasteiger partial charge in [0.1, 0.15) is 35.3 Å². The van der Waals surface area contributed by atoms with Crippen molar-refractivity contribution in [3.05, 3.63) is 53.2 Å². The quantitative estimate of drug-likeness (QED) is 0.616. The van der Waals surface area contributed by atoms with Crippen molar-refractivity contribution in [1.29, 1.82) is 0 Å². The summed E-state index contributed by atoms with van der Waals surface area (Å²) in [5.41, 5.74) is -0.885. The molecule has 0 saturated carbocycles. The molecule has 2 heterocycles. The summed E-state index contributed by atoms with van der Waals surface area (Å²) in [5.74, 6) is -0.992. The maximum atomic E-state index is 14.2. The highest BCUT2D eigenvalue weighted by atomic mass is 35.5. The van der Waals surface area contributed by atoms with E-state index >= 15 is 0 Å². The summed E-state index contributed by atoms with van der Waals surface area (Å²) in [6.45, 7) is -0.320. The van der Waals surface area contributed by atoms with Crippen molar-refractivity contribution >= 4 is 28.3 Å². The lowest BCUT2D eigenvalue weighted by atomic mass is 9.89. The SMILES string of the molecule is COc1cnc2cccc(OC[C@]3(O)CCN(c4c(F)cc(Cl)cc4F)C[C@H]3O)c2n1. The number of halogens is 3. The average Bonchev–Trinajstić information content (AvgIpc) is 2.74. The van der Waals surface area contributed by atoms with Crippen LogP contribution in [-0.4, -0.2) is 58.7 Å². The minimum absolute atomic E-state index is 0.0233. The molecule has 3 aromatic rings. The number of rotatable bonds is 5. The number of aliphatic hydroxyl groups is 2. The van der Waals surface area contributed by atoms with Crippen molar-refractivity contribution in [2.24, 2.45) is 0 Å². The van der Waals surface area contributed by atoms with Crippen LogP contribution in [0.4, 0.5) is 14.5 Å². The van der Waals surface area contributed by atoms with Crippen molar-refractivity contribution in [2.75, 3.05) is 31.7 Å². The molecule has 2 atom stereocenters. The third-order valence-electron chi connectivity index (χ3n) is 5.33. The molecule has 164 valence electrons. The Labute approximate surface area is 181 Å². The molecule has 0 amide bonds. The topological polar surface area (TPSA) is 87.9 Å². The highest BCUT2D eigenvalue weighted by Crippen LogP contribution is 2.33. The van der Waals surface area contributed by atoms with E-state index in [-0.39, 0.29) is 36.8 Å². The molecule has 10 heteroatoms. The Hall–Kier alpha value is -2.75. The second-order valence-electron chi connectivity index (χ2n) is 7.36. The van der Waals surface area contributed by atoms with Crippen LogP contribution in [0.25, 0.3) is 11.0 Å². The molecule has 1 saturated heterocycles. The fraction of sp³-hybridized carbons (Fsp3) is 0.333. The summed E-state index contributed by atoms with van der Waals surface area (Å²) in [4.78, 5) is 9.90. The number of aromatic nitrogens is 2. The zero-order valence-corrected chi connectivity index (χ0v) is 17.3. The van der Waals surface area contributed by atoms with E-state index in [1.165, 1.54) is 18.2 Å². The summed E-state index contributed by atoms with van der Waals surface area (Å²) in [5, 5.41) is 21.5. The number of methoxy groups -OCH3 is 1. The van der Waals surface area contributed by atoms with Crippen molar-refractivity contribution in [2.45, 2.75) is 18.1 Å². The number of benzene rings is 2. The van der Waals surface area contributed by atoms with E-state index < -0.39 is 23.3 Å². The maximum Gasteiger partial charge on any atom is 0.232 e. The molecule has 0 bridgehead atoms. The Morgan fingerprint density at radius 1 is 1.29 bits per heavy atom. The van der Waals surface area contributed by atoms with Gasteiger partial charge in [0, 0.05) is 18.1 Å². The van der Waals surface area contributed by atoms with Crippen LogP contribution in [0.3, 0.4) is 0 Å². The van der Waals surface area contributed by atoms with E-state index in [0.29, 0.717) is 22.7 Å². The summed E-state index contributed by atoms with van der Waals surface area (Å²) in [6.07, 6.45) is 0.190. The first-order valence-electron chi connectivity index (χ1n) is 9.53. The maximum absolute atomic E-state index is 14.2. The minimum atomic E-state index is -1.62. The highest BCUT2D eigenvalue weighted by molar-refractivity contribution is 6.30. The molecule has 1 aliphatic heterocycles. The molecule has 0 unspecified atom stereocenters. The molecule has 1 aromatic heterocycles. The van der Waals surface area contributed by atoms with Gasteiger partial charge < -0.3 is 24.6 Å². The van der Waals surface area contributed by atoms with Gasteiger partial charge in [0.15, 0.2) is 11.6 Å². The van der Waals surface area contributed by atoms with Gasteiger partial charge in [-0.25, -0.2) is 18.7 Å². The van der Waals surface area contributed by atoms with Crippen molar-refractivity contribution in [3.63, 3.8) is 0 Å². The molecule has 0 aliphatic carbocycles. The third kappa shape index (κ3) is 4.21. The number of fused-ring (bicyclic) bond motifs is 1. The van der Waals surface area contributed by atoms with Gasteiger partial charge in [-0.2, -0.15) is 0 Å². The lowest BCUT2D eigenvalue weighted by Crippen LogP contribution is -2.58. The average molecular weight is 452 g/mol. The number of hydrogen-bond acceptors (Lipinski definition) is 7. The Morgan fingerprint density at radius 3 is 2.71 bits per heavy atom. The molecular formula is C21H20ClF2N3O4. The Morgan fingerprint density at radius 2 is 2.03 bits per heavy atom. The number of hydrogen-bond donors (Lipinski definition) is 2. The first-order chi connectivity index (χ1) is 14.8. The zero-order valence-electron chi connectivity index (χ0n) is 16.6. The van der Waals surface area contributed by atoms with Crippen LogP contribution in [0.1, 0.15) is 6.42 Å². The van der Waals surface area contributed by atoms with Crippen LogP contribution < -0.4 is 14.4 Å². The highest BCUT2D eigenvalue weighted by Gasteiger charge is 2.42. The van der Waals surface area contributed by atoms with Gasteiger partial charge in [-0.3, -0.25) is 0 Å². The summed E-state index contributed by atoms with van der Waals surface area (Å²) in [6, 6.07) is 7.16. The van der Waals surface area contributed by atoms with E-state index in [0.717, 1.165) is 12.1 Å². The smallest absolute Gasteiger partial charge is 0.232 e. The van der Waals surface area contributed by atoms with E-state index in [9.17, 15) is 19.0 Å². The van der Waals surface area contributed by atoms with Crippen molar-refractivity contribution < 1.29 is 28.5 Å². The molecule has 4 rings (SSSR count). The number of β-amino-alcohol motifs (C(OH)–C–C–N with tert-alkyl or cyclic N) is 1.